The van der Waals surface area contributed by atoms with Gasteiger partial charge in [0.05, 0.1) is 6.61 Å². The predicted octanol–water partition coefficient (Wildman–Crippen LogP) is 1.61. The van der Waals surface area contributed by atoms with Gasteiger partial charge in [0.2, 0.25) is 0 Å². The van der Waals surface area contributed by atoms with Gasteiger partial charge in [-0.05, 0) is 31.5 Å². The summed E-state index contributed by atoms with van der Waals surface area (Å²) < 4.78 is 0. The van der Waals surface area contributed by atoms with Gasteiger partial charge >= 0.3 is 0 Å². The van der Waals surface area contributed by atoms with Crippen molar-refractivity contribution in [3.05, 3.63) is 29.8 Å². The lowest BCUT2D eigenvalue weighted by Crippen LogP contribution is -2.42. The number of nitrogens with one attached hydrogen (secondary N) is 1. The SMILES string of the molecule is CN(C)c1ccc(CNC(C)(C)CO)cc1. The van der Waals surface area contributed by atoms with Gasteiger partial charge in [-0.1, -0.05) is 12.1 Å². The number of aliphatic hydroxyl groups is 1. The Morgan fingerprint density at radius 3 is 2.19 bits per heavy atom. The van der Waals surface area contributed by atoms with Crippen molar-refractivity contribution < 1.29 is 5.11 Å². The van der Waals surface area contributed by atoms with E-state index in [0.717, 1.165) is 6.54 Å². The monoisotopic (exact) mass is 222 g/mol. The number of rotatable bonds is 5. The van der Waals surface area contributed by atoms with E-state index >= 15 is 0 Å². The van der Waals surface area contributed by atoms with Crippen molar-refractivity contribution >= 4 is 5.69 Å². The third-order valence-corrected chi connectivity index (χ3v) is 2.62. The van der Waals surface area contributed by atoms with Gasteiger partial charge in [-0.2, -0.15) is 0 Å². The van der Waals surface area contributed by atoms with Gasteiger partial charge in [-0.3, -0.25) is 0 Å². The maximum absolute atomic E-state index is 9.12. The maximum atomic E-state index is 9.12. The van der Waals surface area contributed by atoms with Gasteiger partial charge in [0.1, 0.15) is 0 Å². The second-order valence-corrected chi connectivity index (χ2v) is 4.96. The van der Waals surface area contributed by atoms with Crippen LogP contribution in [-0.2, 0) is 6.54 Å². The summed E-state index contributed by atoms with van der Waals surface area (Å²) in [6, 6.07) is 8.41. The number of anilines is 1. The van der Waals surface area contributed by atoms with Gasteiger partial charge in [0, 0.05) is 31.9 Å². The highest BCUT2D eigenvalue weighted by molar-refractivity contribution is 5.45. The average Bonchev–Trinajstić information content (AvgIpc) is 2.27. The number of hydrogen-bond donors (Lipinski definition) is 2. The van der Waals surface area contributed by atoms with E-state index in [-0.39, 0.29) is 12.1 Å². The third-order valence-electron chi connectivity index (χ3n) is 2.62. The largest absolute Gasteiger partial charge is 0.394 e. The van der Waals surface area contributed by atoms with Crippen LogP contribution in [0.3, 0.4) is 0 Å². The number of benzene rings is 1. The van der Waals surface area contributed by atoms with Crippen molar-refractivity contribution in [3.8, 4) is 0 Å². The van der Waals surface area contributed by atoms with Gasteiger partial charge in [0.25, 0.3) is 0 Å². The van der Waals surface area contributed by atoms with Crippen molar-refractivity contribution in [2.24, 2.45) is 0 Å². The van der Waals surface area contributed by atoms with Crippen LogP contribution in [0.1, 0.15) is 19.4 Å². The normalized spacial score (nSPS) is 11.6. The minimum atomic E-state index is -0.222. The highest BCUT2D eigenvalue weighted by atomic mass is 16.3. The maximum Gasteiger partial charge on any atom is 0.0607 e. The summed E-state index contributed by atoms with van der Waals surface area (Å²) in [5, 5.41) is 12.4. The van der Waals surface area contributed by atoms with E-state index in [2.05, 4.69) is 34.5 Å². The van der Waals surface area contributed by atoms with E-state index < -0.39 is 0 Å². The van der Waals surface area contributed by atoms with Crippen molar-refractivity contribution in [2.75, 3.05) is 25.6 Å². The van der Waals surface area contributed by atoms with Gasteiger partial charge < -0.3 is 15.3 Å². The lowest BCUT2D eigenvalue weighted by atomic mass is 10.1. The molecule has 0 aliphatic rings. The van der Waals surface area contributed by atoms with E-state index in [1.165, 1.54) is 11.3 Å². The fraction of sp³-hybridized carbons (Fsp3) is 0.538. The summed E-state index contributed by atoms with van der Waals surface area (Å²) >= 11 is 0. The van der Waals surface area contributed by atoms with Crippen LogP contribution in [0.2, 0.25) is 0 Å². The summed E-state index contributed by atoms with van der Waals surface area (Å²) in [5.74, 6) is 0. The molecular formula is C13H22N2O. The quantitative estimate of drug-likeness (QED) is 0.794. The van der Waals surface area contributed by atoms with Crippen LogP contribution in [0.25, 0.3) is 0 Å². The van der Waals surface area contributed by atoms with Crippen LogP contribution in [0, 0.1) is 0 Å². The number of aliphatic hydroxyl groups excluding tert-OH is 1. The molecule has 2 N–H and O–H groups in total. The molecule has 0 aliphatic carbocycles. The third kappa shape index (κ3) is 3.83. The van der Waals surface area contributed by atoms with Gasteiger partial charge in [0.15, 0.2) is 0 Å². The molecular weight excluding hydrogens is 200 g/mol. The minimum Gasteiger partial charge on any atom is -0.394 e. The highest BCUT2D eigenvalue weighted by Crippen LogP contribution is 2.12. The zero-order valence-corrected chi connectivity index (χ0v) is 10.6. The van der Waals surface area contributed by atoms with Crippen molar-refractivity contribution in [1.29, 1.82) is 0 Å². The molecule has 1 rings (SSSR count). The van der Waals surface area contributed by atoms with Crippen LogP contribution in [0.5, 0.6) is 0 Å². The Kier molecular flexibility index (Phi) is 4.33. The first-order valence-corrected chi connectivity index (χ1v) is 5.57. The lowest BCUT2D eigenvalue weighted by molar-refractivity contribution is 0.187. The molecule has 90 valence electrons. The van der Waals surface area contributed by atoms with E-state index in [0.29, 0.717) is 0 Å². The van der Waals surface area contributed by atoms with Gasteiger partial charge in [-0.25, -0.2) is 0 Å². The van der Waals surface area contributed by atoms with Crippen molar-refractivity contribution in [1.82, 2.24) is 5.32 Å². The van der Waals surface area contributed by atoms with Gasteiger partial charge in [-0.15, -0.1) is 0 Å². The summed E-state index contributed by atoms with van der Waals surface area (Å²) in [7, 11) is 4.06. The molecule has 0 atom stereocenters. The first kappa shape index (κ1) is 13.0. The van der Waals surface area contributed by atoms with E-state index in [9.17, 15) is 0 Å². The molecule has 0 fully saturated rings. The number of hydrogen-bond acceptors (Lipinski definition) is 3. The van der Waals surface area contributed by atoms with Crippen LogP contribution >= 0.6 is 0 Å². The molecule has 0 spiro atoms. The van der Waals surface area contributed by atoms with E-state index in [4.69, 9.17) is 5.11 Å². The molecule has 0 saturated heterocycles. The molecule has 0 bridgehead atoms. The lowest BCUT2D eigenvalue weighted by Gasteiger charge is -2.23. The average molecular weight is 222 g/mol. The first-order valence-electron chi connectivity index (χ1n) is 5.57. The Hall–Kier alpha value is -1.06. The fourth-order valence-electron chi connectivity index (χ4n) is 1.31. The Labute approximate surface area is 98.1 Å². The molecule has 0 amide bonds. The van der Waals surface area contributed by atoms with Crippen LogP contribution in [0.15, 0.2) is 24.3 Å². The summed E-state index contributed by atoms with van der Waals surface area (Å²) in [6.07, 6.45) is 0. The van der Waals surface area contributed by atoms with Crippen LogP contribution in [-0.4, -0.2) is 31.3 Å². The predicted molar refractivity (Wildman–Crippen MR) is 68.8 cm³/mol. The summed E-state index contributed by atoms with van der Waals surface area (Å²) in [4.78, 5) is 2.08. The molecule has 0 radical (unpaired) electrons. The van der Waals surface area contributed by atoms with Crippen molar-refractivity contribution in [3.63, 3.8) is 0 Å². The smallest absolute Gasteiger partial charge is 0.0607 e. The molecule has 3 nitrogen and oxygen atoms in total. The molecule has 16 heavy (non-hydrogen) atoms. The van der Waals surface area contributed by atoms with E-state index in [1.54, 1.807) is 0 Å². The van der Waals surface area contributed by atoms with Crippen LogP contribution in [0.4, 0.5) is 5.69 Å². The molecule has 0 unspecified atom stereocenters. The summed E-state index contributed by atoms with van der Waals surface area (Å²) in [5.41, 5.74) is 2.21. The topological polar surface area (TPSA) is 35.5 Å². The fourth-order valence-corrected chi connectivity index (χ4v) is 1.31. The molecule has 3 heteroatoms. The van der Waals surface area contributed by atoms with Crippen molar-refractivity contribution in [2.45, 2.75) is 25.9 Å². The van der Waals surface area contributed by atoms with Crippen LogP contribution < -0.4 is 10.2 Å². The molecule has 1 aromatic rings. The second-order valence-electron chi connectivity index (χ2n) is 4.96. The zero-order chi connectivity index (χ0) is 12.2. The molecule has 0 saturated carbocycles. The molecule has 0 aliphatic heterocycles. The zero-order valence-electron chi connectivity index (χ0n) is 10.6. The summed E-state index contributed by atoms with van der Waals surface area (Å²) in [6.45, 7) is 4.90. The standard InChI is InChI=1S/C13H22N2O/c1-13(2,10-16)14-9-11-5-7-12(8-6-11)15(3)4/h5-8,14,16H,9-10H2,1-4H3. The Morgan fingerprint density at radius 2 is 1.75 bits per heavy atom. The van der Waals surface area contributed by atoms with E-state index in [1.807, 2.05) is 27.9 Å². The highest BCUT2D eigenvalue weighted by Gasteiger charge is 2.14. The molecule has 1 aromatic carbocycles. The molecule has 0 aromatic heterocycles. The number of nitrogens with zero attached hydrogens (tertiary/aromatic N) is 1. The Bertz CT molecular complexity index is 317. The Morgan fingerprint density at radius 1 is 1.19 bits per heavy atom. The second kappa shape index (κ2) is 5.32. The molecule has 0 heterocycles. The minimum absolute atomic E-state index is 0.142. The Balaban J connectivity index is 2.56. The first-order chi connectivity index (χ1) is 7.44.